The zero-order valence-electron chi connectivity index (χ0n) is 10.7. The molecule has 4 nitrogen and oxygen atoms in total. The summed E-state index contributed by atoms with van der Waals surface area (Å²) in [7, 11) is 0. The Morgan fingerprint density at radius 3 is 2.45 bits per heavy atom. The van der Waals surface area contributed by atoms with E-state index >= 15 is 0 Å². The Bertz CT molecular complexity index is 632. The molecule has 0 unspecified atom stereocenters. The average Bonchev–Trinajstić information content (AvgIpc) is 2.43. The molecule has 2 rings (SSSR count). The molecule has 2 aromatic rings. The molecule has 104 valence electrons. The van der Waals surface area contributed by atoms with Crippen molar-refractivity contribution in [2.24, 2.45) is 0 Å². The summed E-state index contributed by atoms with van der Waals surface area (Å²) < 4.78 is 13.6. The number of halogens is 2. The van der Waals surface area contributed by atoms with Crippen LogP contribution in [0.15, 0.2) is 46.9 Å². The van der Waals surface area contributed by atoms with Crippen LogP contribution in [-0.2, 0) is 0 Å². The Labute approximate surface area is 124 Å². The minimum Gasteiger partial charge on any atom is -0.336 e. The van der Waals surface area contributed by atoms with E-state index in [-0.39, 0.29) is 11.5 Å². The van der Waals surface area contributed by atoms with Crippen LogP contribution in [0.3, 0.4) is 0 Å². The summed E-state index contributed by atoms with van der Waals surface area (Å²) in [6.45, 7) is 2.42. The van der Waals surface area contributed by atoms with Crippen molar-refractivity contribution < 1.29 is 9.31 Å². The number of anilines is 2. The molecule has 6 heteroatoms. The molecule has 0 aliphatic rings. The van der Waals surface area contributed by atoms with Gasteiger partial charge in [-0.1, -0.05) is 15.9 Å². The van der Waals surface area contributed by atoms with Gasteiger partial charge in [-0.2, -0.15) is 0 Å². The van der Waals surface area contributed by atoms with Crippen molar-refractivity contribution in [2.45, 2.75) is 6.92 Å². The van der Waals surface area contributed by atoms with Crippen LogP contribution in [0.5, 0.6) is 0 Å². The third-order valence-electron chi connectivity index (χ3n) is 2.88. The molecule has 0 amide bonds. The van der Waals surface area contributed by atoms with Crippen LogP contribution in [0.25, 0.3) is 0 Å². The highest BCUT2D eigenvalue weighted by Gasteiger charge is 2.20. The van der Waals surface area contributed by atoms with Crippen molar-refractivity contribution in [3.05, 3.63) is 62.9 Å². The maximum Gasteiger partial charge on any atom is 0.294 e. The molecule has 0 fully saturated rings. The summed E-state index contributed by atoms with van der Waals surface area (Å²) in [6, 6.07) is 10.8. The number of hydrogen-bond acceptors (Lipinski definition) is 3. The van der Waals surface area contributed by atoms with Crippen molar-refractivity contribution in [3.8, 4) is 0 Å². The molecule has 2 aromatic carbocycles. The Morgan fingerprint density at radius 2 is 1.90 bits per heavy atom. The maximum atomic E-state index is 13.0. The summed E-state index contributed by atoms with van der Waals surface area (Å²) in [5.74, 6) is -0.338. The summed E-state index contributed by atoms with van der Waals surface area (Å²) in [6.07, 6.45) is 0. The van der Waals surface area contributed by atoms with E-state index in [1.165, 1.54) is 18.2 Å². The fourth-order valence-corrected chi connectivity index (χ4v) is 2.33. The first kappa shape index (κ1) is 14.5. The third kappa shape index (κ3) is 2.96. The molecule has 0 heterocycles. The van der Waals surface area contributed by atoms with Crippen molar-refractivity contribution in [1.29, 1.82) is 0 Å². The lowest BCUT2D eigenvalue weighted by molar-refractivity contribution is -0.384. The van der Waals surface area contributed by atoms with Crippen LogP contribution < -0.4 is 4.90 Å². The number of nitrogens with zero attached hydrogens (tertiary/aromatic N) is 2. The van der Waals surface area contributed by atoms with Crippen LogP contribution in [0.1, 0.15) is 6.92 Å². The smallest absolute Gasteiger partial charge is 0.294 e. The Morgan fingerprint density at radius 1 is 1.25 bits per heavy atom. The van der Waals surface area contributed by atoms with Gasteiger partial charge in [0.2, 0.25) is 0 Å². The lowest BCUT2D eigenvalue weighted by Crippen LogP contribution is -2.17. The number of benzene rings is 2. The van der Waals surface area contributed by atoms with Gasteiger partial charge < -0.3 is 4.90 Å². The van der Waals surface area contributed by atoms with Gasteiger partial charge in [-0.15, -0.1) is 0 Å². The highest BCUT2D eigenvalue weighted by atomic mass is 79.9. The van der Waals surface area contributed by atoms with Crippen LogP contribution >= 0.6 is 15.9 Å². The quantitative estimate of drug-likeness (QED) is 0.601. The number of hydrogen-bond donors (Lipinski definition) is 0. The van der Waals surface area contributed by atoms with Gasteiger partial charge in [0.05, 0.1) is 4.92 Å². The van der Waals surface area contributed by atoms with Crippen LogP contribution in [0, 0.1) is 15.9 Å². The van der Waals surface area contributed by atoms with E-state index in [9.17, 15) is 14.5 Å². The Balaban J connectivity index is 2.51. The zero-order valence-corrected chi connectivity index (χ0v) is 12.3. The van der Waals surface area contributed by atoms with Gasteiger partial charge in [0.15, 0.2) is 0 Å². The molecule has 20 heavy (non-hydrogen) atoms. The second-order valence-electron chi connectivity index (χ2n) is 4.11. The van der Waals surface area contributed by atoms with E-state index in [1.54, 1.807) is 29.2 Å². The van der Waals surface area contributed by atoms with E-state index in [2.05, 4.69) is 15.9 Å². The topological polar surface area (TPSA) is 46.4 Å². The number of nitro benzene ring substituents is 1. The Hall–Kier alpha value is -1.95. The van der Waals surface area contributed by atoms with E-state index in [4.69, 9.17) is 0 Å². The SMILES string of the molecule is CCN(c1ccc(F)cc1)c1ccc(Br)cc1[N+](=O)[O-]. The summed E-state index contributed by atoms with van der Waals surface area (Å²) >= 11 is 3.23. The van der Waals surface area contributed by atoms with Gasteiger partial charge in [0.25, 0.3) is 5.69 Å². The molecule has 0 aliphatic heterocycles. The summed E-state index contributed by atoms with van der Waals surface area (Å²) in [5.41, 5.74) is 1.19. The lowest BCUT2D eigenvalue weighted by Gasteiger charge is -2.23. The molecule has 0 saturated heterocycles. The molecule has 0 spiro atoms. The van der Waals surface area contributed by atoms with Crippen LogP contribution in [0.4, 0.5) is 21.5 Å². The maximum absolute atomic E-state index is 13.0. The fourth-order valence-electron chi connectivity index (χ4n) is 1.98. The summed E-state index contributed by atoms with van der Waals surface area (Å²) in [4.78, 5) is 12.5. The highest BCUT2D eigenvalue weighted by molar-refractivity contribution is 9.10. The van der Waals surface area contributed by atoms with E-state index in [1.807, 2.05) is 6.92 Å². The third-order valence-corrected chi connectivity index (χ3v) is 3.37. The van der Waals surface area contributed by atoms with Gasteiger partial charge >= 0.3 is 0 Å². The van der Waals surface area contributed by atoms with E-state index in [0.29, 0.717) is 22.4 Å². The predicted octanol–water partition coefficient (Wildman–Crippen LogP) is 4.65. The summed E-state index contributed by atoms with van der Waals surface area (Å²) in [5, 5.41) is 11.2. The molecular formula is C14H12BrFN2O2. The first-order chi connectivity index (χ1) is 9.52. The molecule has 0 radical (unpaired) electrons. The van der Waals surface area contributed by atoms with Crippen LogP contribution in [0.2, 0.25) is 0 Å². The molecule has 0 N–H and O–H groups in total. The van der Waals surface area contributed by atoms with Crippen molar-refractivity contribution in [1.82, 2.24) is 0 Å². The van der Waals surface area contributed by atoms with E-state index in [0.717, 1.165) is 0 Å². The normalized spacial score (nSPS) is 10.3. The Kier molecular flexibility index (Phi) is 4.34. The monoisotopic (exact) mass is 338 g/mol. The van der Waals surface area contributed by atoms with Gasteiger partial charge in [-0.3, -0.25) is 10.1 Å². The van der Waals surface area contributed by atoms with Crippen molar-refractivity contribution >= 4 is 33.0 Å². The second kappa shape index (κ2) is 6.00. The molecule has 0 aromatic heterocycles. The van der Waals surface area contributed by atoms with Gasteiger partial charge in [-0.25, -0.2) is 4.39 Å². The molecule has 0 atom stereocenters. The molecule has 0 aliphatic carbocycles. The molecular weight excluding hydrogens is 327 g/mol. The fraction of sp³-hybridized carbons (Fsp3) is 0.143. The van der Waals surface area contributed by atoms with Gasteiger partial charge in [0.1, 0.15) is 11.5 Å². The van der Waals surface area contributed by atoms with E-state index < -0.39 is 4.92 Å². The van der Waals surface area contributed by atoms with Gasteiger partial charge in [0, 0.05) is 22.8 Å². The second-order valence-corrected chi connectivity index (χ2v) is 5.03. The number of rotatable bonds is 4. The molecule has 0 saturated carbocycles. The first-order valence-corrected chi connectivity index (χ1v) is 6.79. The van der Waals surface area contributed by atoms with Crippen molar-refractivity contribution in [3.63, 3.8) is 0 Å². The first-order valence-electron chi connectivity index (χ1n) is 6.00. The van der Waals surface area contributed by atoms with Crippen LogP contribution in [-0.4, -0.2) is 11.5 Å². The number of nitro groups is 1. The zero-order chi connectivity index (χ0) is 14.7. The highest BCUT2D eigenvalue weighted by Crippen LogP contribution is 2.35. The van der Waals surface area contributed by atoms with Crippen molar-refractivity contribution in [2.75, 3.05) is 11.4 Å². The predicted molar refractivity (Wildman–Crippen MR) is 79.9 cm³/mol. The standard InChI is InChI=1S/C14H12BrFN2O2/c1-2-17(12-6-4-11(16)5-7-12)13-8-3-10(15)9-14(13)18(19)20/h3-9H,2H2,1H3. The minimum atomic E-state index is -0.424. The lowest BCUT2D eigenvalue weighted by atomic mass is 10.2. The largest absolute Gasteiger partial charge is 0.336 e. The van der Waals surface area contributed by atoms with Gasteiger partial charge in [-0.05, 0) is 43.3 Å². The minimum absolute atomic E-state index is 0.00514. The molecule has 0 bridgehead atoms. The average molecular weight is 339 g/mol.